The van der Waals surface area contributed by atoms with Gasteiger partial charge in [0.25, 0.3) is 0 Å². The van der Waals surface area contributed by atoms with Crippen LogP contribution in [0.1, 0.15) is 26.3 Å². The van der Waals surface area contributed by atoms with Crippen molar-refractivity contribution in [3.63, 3.8) is 0 Å². The van der Waals surface area contributed by atoms with Crippen molar-refractivity contribution in [2.75, 3.05) is 7.11 Å². The first-order chi connectivity index (χ1) is 7.84. The van der Waals surface area contributed by atoms with E-state index in [0.29, 0.717) is 0 Å². The van der Waals surface area contributed by atoms with E-state index in [0.717, 1.165) is 4.90 Å². The summed E-state index contributed by atoms with van der Waals surface area (Å²) in [7, 11) is 0.584. The minimum atomic E-state index is -0.740. The molecule has 17 heavy (non-hydrogen) atoms. The van der Waals surface area contributed by atoms with Gasteiger partial charge in [-0.3, -0.25) is 4.72 Å². The number of nitrogens with one attached hydrogen (secondary N) is 1. The maximum Gasteiger partial charge on any atom is 0.417 e. The van der Waals surface area contributed by atoms with Gasteiger partial charge in [0.1, 0.15) is 0 Å². The van der Waals surface area contributed by atoms with Crippen LogP contribution in [-0.4, -0.2) is 13.2 Å². The summed E-state index contributed by atoms with van der Waals surface area (Å²) in [5.41, 5.74) is 1.36. The minimum Gasteiger partial charge on any atom is -0.452 e. The highest BCUT2D eigenvalue weighted by Crippen LogP contribution is 2.22. The maximum atomic E-state index is 11.0. The summed E-state index contributed by atoms with van der Waals surface area (Å²) in [6, 6.07) is 7.99. The normalized spacial score (nSPS) is 12.9. The predicted molar refractivity (Wildman–Crippen MR) is 73.7 cm³/mol. The molecule has 94 valence electrons. The van der Waals surface area contributed by atoms with Crippen LogP contribution in [0.15, 0.2) is 29.2 Å². The van der Waals surface area contributed by atoms with E-state index in [1.807, 2.05) is 24.3 Å². The molecule has 0 aromatic heterocycles. The van der Waals surface area contributed by atoms with E-state index in [-0.39, 0.29) is 5.41 Å². The molecule has 1 N–H and O–H groups in total. The zero-order chi connectivity index (χ0) is 13.1. The first-order valence-electron chi connectivity index (χ1n) is 5.21. The van der Waals surface area contributed by atoms with Gasteiger partial charge in [-0.15, -0.1) is 0 Å². The van der Waals surface area contributed by atoms with Gasteiger partial charge in [0.2, 0.25) is 0 Å². The molecule has 0 radical (unpaired) electrons. The molecule has 0 bridgehead atoms. The van der Waals surface area contributed by atoms with Gasteiger partial charge in [0.05, 0.1) is 7.11 Å². The minimum absolute atomic E-state index is 0.119. The Bertz CT molecular complexity index is 421. The van der Waals surface area contributed by atoms with Crippen molar-refractivity contribution in [1.82, 2.24) is 4.72 Å². The first-order valence-corrected chi connectivity index (χ1v) is 7.36. The molecular weight excluding hydrogens is 254 g/mol. The lowest BCUT2D eigenvalue weighted by atomic mass is 9.87. The van der Waals surface area contributed by atoms with Gasteiger partial charge in [-0.05, 0) is 34.3 Å². The molecule has 1 aromatic rings. The van der Waals surface area contributed by atoms with E-state index in [1.165, 1.54) is 12.7 Å². The third kappa shape index (κ3) is 4.09. The number of carbonyl (C=O) groups is 1. The summed E-state index contributed by atoms with van der Waals surface area (Å²) in [4.78, 5) is 11.9. The second kappa shape index (κ2) is 5.60. The van der Waals surface area contributed by atoms with E-state index >= 15 is 0 Å². The molecule has 1 rings (SSSR count). The Kier molecular flexibility index (Phi) is 4.65. The van der Waals surface area contributed by atoms with Crippen LogP contribution >= 0.6 is 0 Å². The summed E-state index contributed by atoms with van der Waals surface area (Å²) in [5.74, 6) is 0. The van der Waals surface area contributed by atoms with Gasteiger partial charge in [0.15, 0.2) is 0 Å². The van der Waals surface area contributed by atoms with Crippen LogP contribution in [0.5, 0.6) is 0 Å². The zero-order valence-corrected chi connectivity index (χ0v) is 12.1. The van der Waals surface area contributed by atoms with Gasteiger partial charge < -0.3 is 4.74 Å². The van der Waals surface area contributed by atoms with Gasteiger partial charge in [-0.1, -0.05) is 32.9 Å². The Hall–Kier alpha value is -0.940. The van der Waals surface area contributed by atoms with Crippen molar-refractivity contribution in [3.8, 4) is 0 Å². The molecule has 0 aliphatic heterocycles. The summed E-state index contributed by atoms with van der Waals surface area (Å²) < 4.78 is 7.10. The lowest BCUT2D eigenvalue weighted by Gasteiger charge is -2.19. The van der Waals surface area contributed by atoms with Crippen molar-refractivity contribution in [2.24, 2.45) is 0 Å². The number of amides is 1. The molecule has 0 fully saturated rings. The van der Waals surface area contributed by atoms with Crippen LogP contribution < -0.4 is 4.72 Å². The number of hydrogen-bond acceptors (Lipinski definition) is 3. The van der Waals surface area contributed by atoms with Gasteiger partial charge >= 0.3 is 6.09 Å². The first kappa shape index (κ1) is 14.1. The van der Waals surface area contributed by atoms with Crippen LogP contribution in [0.3, 0.4) is 0 Å². The Labute approximate surface area is 109 Å². The molecule has 5 heteroatoms. The highest BCUT2D eigenvalue weighted by atomic mass is 32.8. The molecular formula is C12H17NO2S2. The Balaban J connectivity index is 2.81. The third-order valence-electron chi connectivity index (χ3n) is 2.30. The fourth-order valence-corrected chi connectivity index (χ4v) is 2.53. The number of methoxy groups -OCH3 is 1. The highest BCUT2D eigenvalue weighted by Gasteiger charge is 2.13. The Morgan fingerprint density at radius 3 is 2.24 bits per heavy atom. The third-order valence-corrected chi connectivity index (χ3v) is 4.18. The van der Waals surface area contributed by atoms with Gasteiger partial charge in [0, 0.05) is 14.5 Å². The number of rotatable bonds is 2. The number of ether oxygens (including phenoxy) is 1. The highest BCUT2D eigenvalue weighted by molar-refractivity contribution is 8.28. The van der Waals surface area contributed by atoms with E-state index in [2.05, 4.69) is 30.2 Å². The largest absolute Gasteiger partial charge is 0.452 e. The van der Waals surface area contributed by atoms with Crippen molar-refractivity contribution in [1.29, 1.82) is 0 Å². The number of benzene rings is 1. The van der Waals surface area contributed by atoms with Crippen molar-refractivity contribution < 1.29 is 9.53 Å². The second-order valence-electron chi connectivity index (χ2n) is 4.64. The average Bonchev–Trinajstić information content (AvgIpc) is 2.27. The fourth-order valence-electron chi connectivity index (χ4n) is 1.25. The lowest BCUT2D eigenvalue weighted by molar-refractivity contribution is 0.178. The monoisotopic (exact) mass is 271 g/mol. The van der Waals surface area contributed by atoms with Crippen LogP contribution in [0.25, 0.3) is 0 Å². The topological polar surface area (TPSA) is 38.3 Å². The molecule has 0 saturated heterocycles. The van der Waals surface area contributed by atoms with Gasteiger partial charge in [-0.2, -0.15) is 0 Å². The smallest absolute Gasteiger partial charge is 0.417 e. The van der Waals surface area contributed by atoms with Crippen molar-refractivity contribution in [3.05, 3.63) is 29.8 Å². The Morgan fingerprint density at radius 2 is 1.82 bits per heavy atom. The molecule has 1 amide bonds. The number of carbonyl (C=O) groups excluding carboxylic acids is 1. The molecule has 0 aliphatic rings. The standard InChI is InChI=1S/C12H17NO2S2/c1-12(2,3)9-5-7-10(8-6-9)17(16)13-11(14)15-4/h5-8H,1-4H3,(H,13,14). The van der Waals surface area contributed by atoms with Crippen LogP contribution in [0.4, 0.5) is 4.79 Å². The summed E-state index contributed by atoms with van der Waals surface area (Å²) in [6.07, 6.45) is -0.497. The molecule has 1 unspecified atom stereocenters. The fraction of sp³-hybridized carbons (Fsp3) is 0.417. The molecule has 1 atom stereocenters. The van der Waals surface area contributed by atoms with Crippen LogP contribution in [0, 0.1) is 0 Å². The van der Waals surface area contributed by atoms with E-state index in [9.17, 15) is 4.79 Å². The van der Waals surface area contributed by atoms with E-state index in [4.69, 9.17) is 11.2 Å². The molecule has 0 aliphatic carbocycles. The molecule has 0 heterocycles. The second-order valence-corrected chi connectivity index (χ2v) is 6.85. The molecule has 0 saturated carbocycles. The van der Waals surface area contributed by atoms with E-state index in [1.54, 1.807) is 0 Å². The van der Waals surface area contributed by atoms with Crippen molar-refractivity contribution >= 4 is 26.9 Å². The lowest BCUT2D eigenvalue weighted by Crippen LogP contribution is -2.24. The SMILES string of the molecule is COC(=O)NS(=S)c1ccc(C(C)(C)C)cc1. The molecule has 1 aromatic carbocycles. The zero-order valence-electron chi connectivity index (χ0n) is 10.4. The van der Waals surface area contributed by atoms with Crippen LogP contribution in [-0.2, 0) is 31.0 Å². The Morgan fingerprint density at radius 1 is 1.29 bits per heavy atom. The van der Waals surface area contributed by atoms with Gasteiger partial charge in [-0.25, -0.2) is 4.79 Å². The average molecular weight is 271 g/mol. The summed E-state index contributed by atoms with van der Waals surface area (Å²) in [6.45, 7) is 6.46. The quantitative estimate of drug-likeness (QED) is 0.899. The summed E-state index contributed by atoms with van der Waals surface area (Å²) in [5, 5.41) is 0. The van der Waals surface area contributed by atoms with Crippen molar-refractivity contribution in [2.45, 2.75) is 31.1 Å². The molecule has 3 nitrogen and oxygen atoms in total. The number of hydrogen-bond donors (Lipinski definition) is 1. The molecule has 0 spiro atoms. The maximum absolute atomic E-state index is 11.0. The summed E-state index contributed by atoms with van der Waals surface area (Å²) >= 11 is 5.20. The van der Waals surface area contributed by atoms with Crippen LogP contribution in [0.2, 0.25) is 0 Å². The van der Waals surface area contributed by atoms with E-state index < -0.39 is 15.7 Å². The predicted octanol–water partition coefficient (Wildman–Crippen LogP) is 2.69.